The van der Waals surface area contributed by atoms with Gasteiger partial charge in [-0.3, -0.25) is 4.79 Å². The third kappa shape index (κ3) is 3.85. The quantitative estimate of drug-likeness (QED) is 0.917. The van der Waals surface area contributed by atoms with Crippen LogP contribution in [0.2, 0.25) is 0 Å². The van der Waals surface area contributed by atoms with E-state index in [0.29, 0.717) is 6.42 Å². The fraction of sp³-hybridized carbons (Fsp3) is 0.474. The normalized spacial score (nSPS) is 18.5. The molecule has 1 fully saturated rings. The van der Waals surface area contributed by atoms with Crippen LogP contribution in [0.5, 0.6) is 0 Å². The summed E-state index contributed by atoms with van der Waals surface area (Å²) in [6.07, 6.45) is 2.58. The van der Waals surface area contributed by atoms with Gasteiger partial charge in [-0.25, -0.2) is 4.68 Å². The lowest BCUT2D eigenvalue weighted by atomic mass is 10.1. The van der Waals surface area contributed by atoms with E-state index in [-0.39, 0.29) is 18.1 Å². The molecule has 128 valence electrons. The van der Waals surface area contributed by atoms with E-state index in [2.05, 4.69) is 16.5 Å². The summed E-state index contributed by atoms with van der Waals surface area (Å²) in [6.45, 7) is 6.82. The van der Waals surface area contributed by atoms with Crippen molar-refractivity contribution in [3.63, 3.8) is 0 Å². The van der Waals surface area contributed by atoms with Gasteiger partial charge in [0.1, 0.15) is 0 Å². The summed E-state index contributed by atoms with van der Waals surface area (Å²) in [5.74, 6) is 0.0528. The van der Waals surface area contributed by atoms with Crippen molar-refractivity contribution in [2.75, 3.05) is 6.61 Å². The summed E-state index contributed by atoms with van der Waals surface area (Å²) in [5.41, 5.74) is 4.23. The lowest BCUT2D eigenvalue weighted by molar-refractivity contribution is -0.123. The van der Waals surface area contributed by atoms with Crippen molar-refractivity contribution in [2.24, 2.45) is 0 Å². The molecule has 2 aromatic rings. The number of aromatic nitrogens is 2. The molecule has 2 unspecified atom stereocenters. The molecule has 1 aromatic carbocycles. The molecule has 0 spiro atoms. The van der Waals surface area contributed by atoms with Gasteiger partial charge in [0, 0.05) is 12.3 Å². The summed E-state index contributed by atoms with van der Waals surface area (Å²) in [5, 5.41) is 7.55. The van der Waals surface area contributed by atoms with Crippen LogP contribution in [0.4, 0.5) is 0 Å². The lowest BCUT2D eigenvalue weighted by Crippen LogP contribution is -2.29. The van der Waals surface area contributed by atoms with Crippen LogP contribution in [0.3, 0.4) is 0 Å². The average molecular weight is 327 g/mol. The Bertz CT molecular complexity index is 700. The van der Waals surface area contributed by atoms with Gasteiger partial charge >= 0.3 is 0 Å². The minimum Gasteiger partial charge on any atom is -0.378 e. The van der Waals surface area contributed by atoms with E-state index in [0.717, 1.165) is 42.1 Å². The lowest BCUT2D eigenvalue weighted by Gasteiger charge is -2.16. The summed E-state index contributed by atoms with van der Waals surface area (Å²) < 4.78 is 7.45. The molecule has 0 aliphatic carbocycles. The van der Waals surface area contributed by atoms with E-state index >= 15 is 0 Å². The third-order valence-electron chi connectivity index (χ3n) is 4.46. The Hall–Kier alpha value is -2.14. The predicted molar refractivity (Wildman–Crippen MR) is 93.2 cm³/mol. The molecule has 5 nitrogen and oxygen atoms in total. The van der Waals surface area contributed by atoms with E-state index in [9.17, 15) is 4.79 Å². The molecular weight excluding hydrogens is 302 g/mol. The number of carbonyl (C=O) groups is 1. The molecule has 24 heavy (non-hydrogen) atoms. The Balaban J connectivity index is 1.62. The second kappa shape index (κ2) is 7.18. The summed E-state index contributed by atoms with van der Waals surface area (Å²) in [6, 6.07) is 10.2. The van der Waals surface area contributed by atoms with E-state index in [4.69, 9.17) is 4.74 Å². The first kappa shape index (κ1) is 16.7. The Morgan fingerprint density at radius 1 is 1.38 bits per heavy atom. The van der Waals surface area contributed by atoms with Crippen LogP contribution < -0.4 is 5.32 Å². The maximum absolute atomic E-state index is 12.1. The van der Waals surface area contributed by atoms with Crippen molar-refractivity contribution in [3.8, 4) is 5.69 Å². The highest BCUT2D eigenvalue weighted by Gasteiger charge is 2.20. The number of hydrogen-bond acceptors (Lipinski definition) is 3. The molecule has 0 radical (unpaired) electrons. The number of hydrogen-bond donors (Lipinski definition) is 1. The second-order valence-electron chi connectivity index (χ2n) is 6.56. The van der Waals surface area contributed by atoms with Crippen LogP contribution in [-0.2, 0) is 9.53 Å². The van der Waals surface area contributed by atoms with Crippen LogP contribution in [0.1, 0.15) is 49.2 Å². The molecular formula is C19H25N3O2. The van der Waals surface area contributed by atoms with Gasteiger partial charge in [-0.2, -0.15) is 5.10 Å². The molecule has 1 aliphatic heterocycles. The number of rotatable bonds is 5. The number of carbonyl (C=O) groups excluding carboxylic acids is 1. The topological polar surface area (TPSA) is 56.2 Å². The smallest absolute Gasteiger partial charge is 0.223 e. The summed E-state index contributed by atoms with van der Waals surface area (Å²) >= 11 is 0. The number of benzene rings is 1. The van der Waals surface area contributed by atoms with Gasteiger partial charge in [0.15, 0.2) is 0 Å². The largest absolute Gasteiger partial charge is 0.378 e. The molecule has 1 amide bonds. The van der Waals surface area contributed by atoms with Gasteiger partial charge in [0.2, 0.25) is 5.91 Å². The molecule has 1 aromatic heterocycles. The van der Waals surface area contributed by atoms with E-state index < -0.39 is 0 Å². The Labute approximate surface area is 143 Å². The Kier molecular flexibility index (Phi) is 5.00. The van der Waals surface area contributed by atoms with Gasteiger partial charge in [-0.1, -0.05) is 12.1 Å². The zero-order valence-electron chi connectivity index (χ0n) is 14.6. The standard InChI is InChI=1S/C19H25N3O2/c1-13-11-14(2)22(21-13)17-8-6-16(7-9-17)15(3)20-19(23)12-18-5-4-10-24-18/h6-9,11,15,18H,4-5,10,12H2,1-3H3,(H,20,23). The molecule has 2 atom stereocenters. The van der Waals surface area contributed by atoms with Crippen molar-refractivity contribution in [1.29, 1.82) is 0 Å². The van der Waals surface area contributed by atoms with Gasteiger partial charge in [-0.05, 0) is 57.4 Å². The zero-order valence-corrected chi connectivity index (χ0v) is 14.6. The summed E-state index contributed by atoms with van der Waals surface area (Å²) in [7, 11) is 0. The Morgan fingerprint density at radius 3 is 2.71 bits per heavy atom. The van der Waals surface area contributed by atoms with Crippen LogP contribution in [0.25, 0.3) is 5.69 Å². The average Bonchev–Trinajstić information content (AvgIpc) is 3.16. The molecule has 3 rings (SSSR count). The van der Waals surface area contributed by atoms with Gasteiger partial charge in [-0.15, -0.1) is 0 Å². The Morgan fingerprint density at radius 2 is 2.12 bits per heavy atom. The first-order valence-electron chi connectivity index (χ1n) is 8.57. The van der Waals surface area contributed by atoms with E-state index in [1.165, 1.54) is 0 Å². The first-order chi connectivity index (χ1) is 11.5. The van der Waals surface area contributed by atoms with Crippen molar-refractivity contribution >= 4 is 5.91 Å². The fourth-order valence-electron chi connectivity index (χ4n) is 3.19. The highest BCUT2D eigenvalue weighted by Crippen LogP contribution is 2.19. The molecule has 1 saturated heterocycles. The van der Waals surface area contributed by atoms with Crippen LogP contribution in [0, 0.1) is 13.8 Å². The van der Waals surface area contributed by atoms with E-state index in [1.54, 1.807) is 0 Å². The molecule has 5 heteroatoms. The number of ether oxygens (including phenoxy) is 1. The monoisotopic (exact) mass is 327 g/mol. The van der Waals surface area contributed by atoms with Gasteiger partial charge in [0.05, 0.1) is 29.9 Å². The van der Waals surface area contributed by atoms with Crippen molar-refractivity contribution in [2.45, 2.75) is 52.2 Å². The molecule has 0 bridgehead atoms. The van der Waals surface area contributed by atoms with Crippen molar-refractivity contribution in [1.82, 2.24) is 15.1 Å². The summed E-state index contributed by atoms with van der Waals surface area (Å²) in [4.78, 5) is 12.1. The second-order valence-corrected chi connectivity index (χ2v) is 6.56. The van der Waals surface area contributed by atoms with Crippen LogP contribution >= 0.6 is 0 Å². The van der Waals surface area contributed by atoms with Gasteiger partial charge in [0.25, 0.3) is 0 Å². The van der Waals surface area contributed by atoms with Gasteiger partial charge < -0.3 is 10.1 Å². The molecule has 0 saturated carbocycles. The van der Waals surface area contributed by atoms with Crippen molar-refractivity contribution < 1.29 is 9.53 Å². The van der Waals surface area contributed by atoms with Crippen LogP contribution in [-0.4, -0.2) is 28.4 Å². The highest BCUT2D eigenvalue weighted by molar-refractivity contribution is 5.77. The van der Waals surface area contributed by atoms with Crippen LogP contribution in [0.15, 0.2) is 30.3 Å². The number of aryl methyl sites for hydroxylation is 2. The number of amides is 1. The maximum Gasteiger partial charge on any atom is 0.223 e. The third-order valence-corrected chi connectivity index (χ3v) is 4.46. The number of nitrogens with one attached hydrogen (secondary N) is 1. The minimum absolute atomic E-state index is 0.0200. The minimum atomic E-state index is -0.0200. The zero-order chi connectivity index (χ0) is 17.1. The fourth-order valence-corrected chi connectivity index (χ4v) is 3.19. The van der Waals surface area contributed by atoms with E-state index in [1.807, 2.05) is 49.7 Å². The maximum atomic E-state index is 12.1. The highest BCUT2D eigenvalue weighted by atomic mass is 16.5. The number of nitrogens with zero attached hydrogens (tertiary/aromatic N) is 2. The predicted octanol–water partition coefficient (Wildman–Crippen LogP) is 3.24. The SMILES string of the molecule is Cc1cc(C)n(-c2ccc(C(C)NC(=O)CC3CCCO3)cc2)n1. The molecule has 1 N–H and O–H groups in total. The first-order valence-corrected chi connectivity index (χ1v) is 8.57. The molecule has 1 aliphatic rings. The molecule has 2 heterocycles. The van der Waals surface area contributed by atoms with Crippen molar-refractivity contribution in [3.05, 3.63) is 47.3 Å².